The van der Waals surface area contributed by atoms with E-state index >= 15 is 0 Å². The molecule has 0 saturated carbocycles. The van der Waals surface area contributed by atoms with Crippen molar-refractivity contribution in [3.05, 3.63) is 58.4 Å². The van der Waals surface area contributed by atoms with Gasteiger partial charge < -0.3 is 9.30 Å². The SMILES string of the molecule is CCCOC(=O)C1CCn2c1cc(Cl)c2C(=O)c1ccccc1. The largest absolute Gasteiger partial charge is 0.465 e. The van der Waals surface area contributed by atoms with Gasteiger partial charge in [-0.1, -0.05) is 48.9 Å². The van der Waals surface area contributed by atoms with Crippen LogP contribution in [0.5, 0.6) is 0 Å². The average molecular weight is 332 g/mol. The second-order valence-corrected chi connectivity index (χ2v) is 6.03. The second kappa shape index (κ2) is 6.59. The summed E-state index contributed by atoms with van der Waals surface area (Å²) in [5, 5.41) is 0.391. The third-order valence-electron chi connectivity index (χ3n) is 4.06. The summed E-state index contributed by atoms with van der Waals surface area (Å²) in [5.41, 5.74) is 1.82. The van der Waals surface area contributed by atoms with Crippen molar-refractivity contribution in [1.82, 2.24) is 4.57 Å². The van der Waals surface area contributed by atoms with Crippen molar-refractivity contribution in [2.24, 2.45) is 0 Å². The van der Waals surface area contributed by atoms with Crippen LogP contribution >= 0.6 is 11.6 Å². The van der Waals surface area contributed by atoms with Gasteiger partial charge in [0, 0.05) is 17.8 Å². The second-order valence-electron chi connectivity index (χ2n) is 5.62. The fraction of sp³-hybridized carbons (Fsp3) is 0.333. The molecular formula is C18H18ClNO3. The minimum Gasteiger partial charge on any atom is -0.465 e. The molecule has 2 aromatic rings. The fourth-order valence-corrected chi connectivity index (χ4v) is 3.27. The smallest absolute Gasteiger partial charge is 0.315 e. The first-order valence-electron chi connectivity index (χ1n) is 7.78. The monoisotopic (exact) mass is 331 g/mol. The van der Waals surface area contributed by atoms with Crippen LogP contribution in [-0.4, -0.2) is 22.9 Å². The van der Waals surface area contributed by atoms with E-state index in [9.17, 15) is 9.59 Å². The zero-order valence-electron chi connectivity index (χ0n) is 12.9. The Labute approximate surface area is 140 Å². The number of benzene rings is 1. The van der Waals surface area contributed by atoms with Crippen molar-refractivity contribution in [1.29, 1.82) is 0 Å². The van der Waals surface area contributed by atoms with Crippen LogP contribution in [0.15, 0.2) is 36.4 Å². The van der Waals surface area contributed by atoms with Gasteiger partial charge in [-0.05, 0) is 18.9 Å². The molecule has 4 nitrogen and oxygen atoms in total. The highest BCUT2D eigenvalue weighted by Gasteiger charge is 2.34. The maximum atomic E-state index is 12.7. The number of hydrogen-bond donors (Lipinski definition) is 0. The summed E-state index contributed by atoms with van der Waals surface area (Å²) in [5.74, 6) is -0.695. The van der Waals surface area contributed by atoms with Crippen LogP contribution < -0.4 is 0 Å². The molecule has 0 bridgehead atoms. The molecule has 2 heterocycles. The molecule has 120 valence electrons. The number of carbonyl (C=O) groups is 2. The Balaban J connectivity index is 1.91. The van der Waals surface area contributed by atoms with E-state index in [0.717, 1.165) is 12.1 Å². The Kier molecular flexibility index (Phi) is 4.53. The molecule has 1 aromatic carbocycles. The standard InChI is InChI=1S/C18H18ClNO3/c1-2-10-23-18(22)13-8-9-20-15(13)11-14(19)16(20)17(21)12-6-4-3-5-7-12/h3-7,11,13H,2,8-10H2,1H3. The molecular weight excluding hydrogens is 314 g/mol. The van der Waals surface area contributed by atoms with E-state index in [2.05, 4.69) is 0 Å². The van der Waals surface area contributed by atoms with E-state index in [1.807, 2.05) is 29.7 Å². The highest BCUT2D eigenvalue weighted by Crippen LogP contribution is 2.36. The first kappa shape index (κ1) is 15.8. The number of ketones is 1. The summed E-state index contributed by atoms with van der Waals surface area (Å²) in [6.07, 6.45) is 1.43. The summed E-state index contributed by atoms with van der Waals surface area (Å²) < 4.78 is 7.10. The molecule has 0 amide bonds. The molecule has 0 spiro atoms. The van der Waals surface area contributed by atoms with Crippen LogP contribution in [0.3, 0.4) is 0 Å². The normalized spacial score (nSPS) is 16.2. The minimum atomic E-state index is -0.337. The number of ether oxygens (including phenoxy) is 1. The number of fused-ring (bicyclic) bond motifs is 1. The Bertz CT molecular complexity index is 736. The molecule has 1 aliphatic rings. The van der Waals surface area contributed by atoms with E-state index in [1.165, 1.54) is 0 Å². The summed E-state index contributed by atoms with van der Waals surface area (Å²) in [7, 11) is 0. The lowest BCUT2D eigenvalue weighted by molar-refractivity contribution is -0.145. The van der Waals surface area contributed by atoms with Crippen molar-refractivity contribution >= 4 is 23.4 Å². The molecule has 0 aliphatic carbocycles. The molecule has 1 aromatic heterocycles. The van der Waals surface area contributed by atoms with Crippen molar-refractivity contribution in [2.45, 2.75) is 32.2 Å². The van der Waals surface area contributed by atoms with Crippen molar-refractivity contribution in [3.8, 4) is 0 Å². The van der Waals surface area contributed by atoms with Gasteiger partial charge in [-0.15, -0.1) is 0 Å². The highest BCUT2D eigenvalue weighted by molar-refractivity contribution is 6.35. The van der Waals surface area contributed by atoms with Gasteiger partial charge in [0.05, 0.1) is 17.5 Å². The van der Waals surface area contributed by atoms with Gasteiger partial charge in [0.15, 0.2) is 0 Å². The summed E-state index contributed by atoms with van der Waals surface area (Å²) in [6, 6.07) is 10.8. The molecule has 0 saturated heterocycles. The van der Waals surface area contributed by atoms with Gasteiger partial charge in [0.2, 0.25) is 5.78 Å². The predicted octanol–water partition coefficient (Wildman–Crippen LogP) is 3.81. The van der Waals surface area contributed by atoms with E-state index in [-0.39, 0.29) is 17.7 Å². The summed E-state index contributed by atoms with van der Waals surface area (Å²) >= 11 is 6.29. The van der Waals surface area contributed by atoms with Gasteiger partial charge in [-0.25, -0.2) is 0 Å². The third-order valence-corrected chi connectivity index (χ3v) is 4.35. The fourth-order valence-electron chi connectivity index (χ4n) is 2.97. The molecule has 0 radical (unpaired) electrons. The quantitative estimate of drug-likeness (QED) is 0.618. The van der Waals surface area contributed by atoms with Gasteiger partial charge in [0.1, 0.15) is 5.69 Å². The lowest BCUT2D eigenvalue weighted by Crippen LogP contribution is -2.14. The van der Waals surface area contributed by atoms with Crippen molar-refractivity contribution in [3.63, 3.8) is 0 Å². The zero-order chi connectivity index (χ0) is 16.4. The van der Waals surface area contributed by atoms with Crippen LogP contribution in [0.25, 0.3) is 0 Å². The Morgan fingerprint density at radius 1 is 1.30 bits per heavy atom. The topological polar surface area (TPSA) is 48.3 Å². The van der Waals surface area contributed by atoms with Gasteiger partial charge in [0.25, 0.3) is 0 Å². The first-order valence-corrected chi connectivity index (χ1v) is 8.16. The number of esters is 1. The summed E-state index contributed by atoms with van der Waals surface area (Å²) in [4.78, 5) is 24.9. The Morgan fingerprint density at radius 2 is 2.04 bits per heavy atom. The zero-order valence-corrected chi connectivity index (χ0v) is 13.7. The van der Waals surface area contributed by atoms with Crippen molar-refractivity contribution < 1.29 is 14.3 Å². The Morgan fingerprint density at radius 3 is 2.74 bits per heavy atom. The van der Waals surface area contributed by atoms with E-state index < -0.39 is 0 Å². The highest BCUT2D eigenvalue weighted by atomic mass is 35.5. The van der Waals surface area contributed by atoms with Gasteiger partial charge in [-0.3, -0.25) is 9.59 Å². The van der Waals surface area contributed by atoms with Crippen LogP contribution in [-0.2, 0) is 16.1 Å². The first-order chi connectivity index (χ1) is 11.1. The van der Waals surface area contributed by atoms with Crippen LogP contribution in [0.1, 0.15) is 47.4 Å². The average Bonchev–Trinajstić information content (AvgIpc) is 3.10. The summed E-state index contributed by atoms with van der Waals surface area (Å²) in [6.45, 7) is 2.97. The molecule has 1 unspecified atom stereocenters. The lowest BCUT2D eigenvalue weighted by Gasteiger charge is -2.08. The molecule has 3 rings (SSSR count). The number of rotatable bonds is 5. The molecule has 0 fully saturated rings. The molecule has 1 atom stereocenters. The van der Waals surface area contributed by atoms with Crippen LogP contribution in [0.2, 0.25) is 5.02 Å². The lowest BCUT2D eigenvalue weighted by atomic mass is 10.1. The third kappa shape index (κ3) is 2.91. The number of carbonyl (C=O) groups excluding carboxylic acids is 2. The number of halogens is 1. The van der Waals surface area contributed by atoms with Crippen molar-refractivity contribution in [2.75, 3.05) is 6.61 Å². The van der Waals surface area contributed by atoms with E-state index in [4.69, 9.17) is 16.3 Å². The van der Waals surface area contributed by atoms with Gasteiger partial charge >= 0.3 is 5.97 Å². The van der Waals surface area contributed by atoms with E-state index in [1.54, 1.807) is 18.2 Å². The number of nitrogens with zero attached hydrogens (tertiary/aromatic N) is 1. The molecule has 23 heavy (non-hydrogen) atoms. The number of hydrogen-bond acceptors (Lipinski definition) is 3. The predicted molar refractivity (Wildman–Crippen MR) is 87.9 cm³/mol. The minimum absolute atomic E-state index is 0.121. The molecule has 1 aliphatic heterocycles. The number of aromatic nitrogens is 1. The molecule has 0 N–H and O–H groups in total. The van der Waals surface area contributed by atoms with Crippen LogP contribution in [0, 0.1) is 0 Å². The maximum absolute atomic E-state index is 12.7. The molecule has 5 heteroatoms. The maximum Gasteiger partial charge on any atom is 0.315 e. The Hall–Kier alpha value is -2.07. The van der Waals surface area contributed by atoms with Gasteiger partial charge in [-0.2, -0.15) is 0 Å². The van der Waals surface area contributed by atoms with E-state index in [0.29, 0.717) is 35.9 Å². The van der Waals surface area contributed by atoms with Crippen LogP contribution in [0.4, 0.5) is 0 Å².